The van der Waals surface area contributed by atoms with Crippen molar-refractivity contribution in [3.63, 3.8) is 0 Å². The van der Waals surface area contributed by atoms with E-state index in [0.717, 1.165) is 10.9 Å². The van der Waals surface area contributed by atoms with E-state index >= 15 is 0 Å². The topological polar surface area (TPSA) is 383 Å². The molecule has 0 spiro atoms. The molecule has 0 radical (unpaired) electrons. The molecule has 5 heterocycles. The molecule has 286 valence electrons. The number of aryl methyl sites for hydroxylation is 2. The summed E-state index contributed by atoms with van der Waals surface area (Å²) in [7, 11) is -15.7. The molecule has 29 heteroatoms. The lowest BCUT2D eigenvalue weighted by molar-refractivity contribution is -0.707. The van der Waals surface area contributed by atoms with Gasteiger partial charge in [0, 0.05) is 5.92 Å². The molecular formula is C23H33N9O17P3+. The van der Waals surface area contributed by atoms with Crippen LogP contribution in [0.3, 0.4) is 0 Å². The van der Waals surface area contributed by atoms with E-state index in [1.165, 1.54) is 29.4 Å². The zero-order valence-electron chi connectivity index (χ0n) is 26.7. The zero-order valence-corrected chi connectivity index (χ0v) is 29.4. The quantitative estimate of drug-likeness (QED) is 0.0499. The van der Waals surface area contributed by atoms with Crippen molar-refractivity contribution in [2.24, 2.45) is 13.0 Å². The van der Waals surface area contributed by atoms with Crippen LogP contribution < -0.4 is 21.4 Å². The summed E-state index contributed by atoms with van der Waals surface area (Å²) in [4.78, 5) is 71.5. The van der Waals surface area contributed by atoms with Crippen LogP contribution >= 0.6 is 23.5 Å². The molecule has 0 bridgehead atoms. The number of phosphoric ester groups is 2. The van der Waals surface area contributed by atoms with Crippen LogP contribution in [0.2, 0.25) is 0 Å². The lowest BCUT2D eigenvalue weighted by atomic mass is 10.1. The number of fused-ring (bicyclic) bond motifs is 2. The summed E-state index contributed by atoms with van der Waals surface area (Å²) in [5.41, 5.74) is 4.50. The van der Waals surface area contributed by atoms with E-state index in [4.69, 9.17) is 15.0 Å². The van der Waals surface area contributed by atoms with Gasteiger partial charge in [0.25, 0.3) is 17.1 Å². The van der Waals surface area contributed by atoms with Crippen molar-refractivity contribution in [3.8, 4) is 0 Å². The summed E-state index contributed by atoms with van der Waals surface area (Å²) in [6, 6.07) is -0.951. The summed E-state index contributed by atoms with van der Waals surface area (Å²) >= 11 is 0. The predicted molar refractivity (Wildman–Crippen MR) is 167 cm³/mol. The number of aliphatic hydroxyl groups is 4. The van der Waals surface area contributed by atoms with Crippen molar-refractivity contribution in [3.05, 3.63) is 39.2 Å². The zero-order chi connectivity index (χ0) is 38.1. The number of hydrogen-bond acceptors (Lipinski definition) is 18. The molecule has 1 saturated carbocycles. The highest BCUT2D eigenvalue weighted by atomic mass is 31.3. The van der Waals surface area contributed by atoms with Crippen LogP contribution in [-0.2, 0) is 43.1 Å². The Labute approximate surface area is 288 Å². The second-order valence-corrected chi connectivity index (χ2v) is 16.6. The first kappa shape index (κ1) is 38.4. The number of hydrogen-bond donors (Lipinski definition) is 10. The summed E-state index contributed by atoms with van der Waals surface area (Å²) in [5, 5.41) is 42.4. The third-order valence-electron chi connectivity index (χ3n) is 8.35. The Kier molecular flexibility index (Phi) is 10.2. The molecule has 1 aliphatic carbocycles. The SMILES string of the molecule is Cc1nc2c(ncn2[C@@H]2O[C@H](COP(=O)(O)OP(=O)(O)OP(=O)(O)OC[C@H]3C[C@@H]([n+]4cn(C)c5c(=O)[nH]c(N)nc54)[C@@H](O)C3O)C(O)[C@@H]2O)c(=O)[nH]1. The van der Waals surface area contributed by atoms with Gasteiger partial charge in [-0.05, 0) is 13.3 Å². The number of rotatable bonds is 12. The highest BCUT2D eigenvalue weighted by molar-refractivity contribution is 7.66. The summed E-state index contributed by atoms with van der Waals surface area (Å²) in [6.45, 7) is -0.426. The first-order chi connectivity index (χ1) is 24.2. The van der Waals surface area contributed by atoms with Gasteiger partial charge in [-0.2, -0.15) is 8.62 Å². The standard InChI is InChI=1S/C23H32N9O17P3/c1-8-26-18-12(20(37)27-8)25-6-31(18)22-17(36)16(35)11(47-22)5-46-51(41,42)49-52(43,44)48-50(39,40)45-4-9-3-10(15(34)14(9)33)32-7-30(2)13-19(32)28-23(24)29-21(13)38/h6-7,9-11,14-17,22,33-36H,3-5H2,1-2H3,(H6-,24,26,27,28,29,37,38,39,40,41,42,43,44)/p+1/t9-,10-,11-,14?,15-,16?,17+,22-/m1/s1. The Bertz CT molecular complexity index is 2280. The minimum absolute atomic E-state index is 0.0212. The number of anilines is 1. The summed E-state index contributed by atoms with van der Waals surface area (Å²) in [5.74, 6) is -1.13. The molecule has 11 atom stereocenters. The molecule has 6 rings (SSSR count). The van der Waals surface area contributed by atoms with E-state index in [1.807, 2.05) is 0 Å². The van der Waals surface area contributed by atoms with Gasteiger partial charge in [0.1, 0.15) is 36.3 Å². The number of nitrogens with one attached hydrogen (secondary N) is 2. The number of ether oxygens (including phenoxy) is 1. The molecule has 1 aliphatic heterocycles. The van der Waals surface area contributed by atoms with Crippen molar-refractivity contribution < 1.29 is 75.8 Å². The molecule has 0 aromatic carbocycles. The van der Waals surface area contributed by atoms with Crippen molar-refractivity contribution in [1.82, 2.24) is 34.1 Å². The van der Waals surface area contributed by atoms with Gasteiger partial charge in [-0.1, -0.05) is 4.98 Å². The van der Waals surface area contributed by atoms with E-state index in [-0.39, 0.29) is 40.5 Å². The molecule has 11 N–H and O–H groups in total. The third kappa shape index (κ3) is 7.55. The second kappa shape index (κ2) is 13.8. The first-order valence-electron chi connectivity index (χ1n) is 14.9. The van der Waals surface area contributed by atoms with E-state index in [1.54, 1.807) is 0 Å². The number of nitrogen functional groups attached to an aromatic ring is 1. The number of phosphoric acid groups is 3. The molecule has 4 aromatic heterocycles. The molecule has 0 amide bonds. The molecule has 5 unspecified atom stereocenters. The Morgan fingerprint density at radius 1 is 0.942 bits per heavy atom. The maximum Gasteiger partial charge on any atom is 0.490 e. The molecule has 52 heavy (non-hydrogen) atoms. The van der Waals surface area contributed by atoms with E-state index in [9.17, 15) is 58.4 Å². The van der Waals surface area contributed by atoms with Gasteiger partial charge in [-0.15, -0.1) is 0 Å². The normalized spacial score (nSPS) is 30.1. The lowest BCUT2D eigenvalue weighted by Gasteiger charge is -2.21. The number of aromatic amines is 2. The van der Waals surface area contributed by atoms with E-state index < -0.39 is 96.5 Å². The van der Waals surface area contributed by atoms with Gasteiger partial charge in [0.05, 0.1) is 32.7 Å². The second-order valence-electron chi connectivity index (χ2n) is 12.0. The summed E-state index contributed by atoms with van der Waals surface area (Å²) in [6.07, 6.45) is -7.22. The van der Waals surface area contributed by atoms with Crippen LogP contribution in [0.15, 0.2) is 22.2 Å². The number of aromatic nitrogens is 8. The molecule has 26 nitrogen and oxygen atoms in total. The lowest BCUT2D eigenvalue weighted by Crippen LogP contribution is -2.45. The highest BCUT2D eigenvalue weighted by Gasteiger charge is 2.49. The average Bonchev–Trinajstić information content (AvgIpc) is 3.74. The molecule has 2 aliphatic rings. The first-order valence-corrected chi connectivity index (χ1v) is 19.4. The molecule has 1 saturated heterocycles. The Morgan fingerprint density at radius 3 is 2.27 bits per heavy atom. The average molecular weight is 800 g/mol. The van der Waals surface area contributed by atoms with Gasteiger partial charge < -0.3 is 50.6 Å². The van der Waals surface area contributed by atoms with Gasteiger partial charge in [-0.25, -0.2) is 28.2 Å². The fraction of sp³-hybridized carbons (Fsp3) is 0.565. The van der Waals surface area contributed by atoms with Crippen molar-refractivity contribution in [2.45, 2.75) is 56.1 Å². The largest absolute Gasteiger partial charge is 0.490 e. The van der Waals surface area contributed by atoms with Crippen LogP contribution in [0.4, 0.5) is 5.95 Å². The Morgan fingerprint density at radius 2 is 1.60 bits per heavy atom. The number of aliphatic hydroxyl groups excluding tert-OH is 4. The summed E-state index contributed by atoms with van der Waals surface area (Å²) < 4.78 is 64.4. The van der Waals surface area contributed by atoms with Crippen LogP contribution in [0, 0.1) is 12.8 Å². The molecular weight excluding hydrogens is 767 g/mol. The van der Waals surface area contributed by atoms with Crippen molar-refractivity contribution in [1.29, 1.82) is 0 Å². The maximum absolute atomic E-state index is 12.6. The fourth-order valence-electron chi connectivity index (χ4n) is 6.05. The fourth-order valence-corrected chi connectivity index (χ4v) is 9.62. The van der Waals surface area contributed by atoms with Gasteiger partial charge in [-0.3, -0.25) is 32.8 Å². The van der Waals surface area contributed by atoms with Crippen LogP contribution in [-0.4, -0.2) is 113 Å². The van der Waals surface area contributed by atoms with Gasteiger partial charge >= 0.3 is 29.1 Å². The predicted octanol–water partition coefficient (Wildman–Crippen LogP) is -3.16. The molecule has 4 aromatic rings. The monoisotopic (exact) mass is 800 g/mol. The molecule has 2 fully saturated rings. The number of H-pyrrole nitrogens is 2. The number of nitrogens with two attached hydrogens (primary N) is 1. The minimum Gasteiger partial charge on any atom is -0.390 e. The number of nitrogens with zero attached hydrogens (tertiary/aromatic N) is 6. The Balaban J connectivity index is 1.05. The van der Waals surface area contributed by atoms with Gasteiger partial charge in [0.15, 0.2) is 23.7 Å². The highest BCUT2D eigenvalue weighted by Crippen LogP contribution is 2.68. The smallest absolute Gasteiger partial charge is 0.390 e. The van der Waals surface area contributed by atoms with Crippen molar-refractivity contribution in [2.75, 3.05) is 18.9 Å². The van der Waals surface area contributed by atoms with Crippen LogP contribution in [0.1, 0.15) is 24.5 Å². The maximum atomic E-state index is 12.6. The number of imidazole rings is 2. The van der Waals surface area contributed by atoms with Crippen LogP contribution in [0.25, 0.3) is 22.3 Å². The Hall–Kier alpha value is -3.29. The van der Waals surface area contributed by atoms with Gasteiger partial charge in [0.2, 0.25) is 5.52 Å². The van der Waals surface area contributed by atoms with Crippen molar-refractivity contribution >= 4 is 51.7 Å². The van der Waals surface area contributed by atoms with E-state index in [0.29, 0.717) is 0 Å². The minimum atomic E-state index is -5.95. The third-order valence-corrected chi connectivity index (χ3v) is 12.6. The van der Waals surface area contributed by atoms with E-state index in [2.05, 4.69) is 38.1 Å². The van der Waals surface area contributed by atoms with Crippen LogP contribution in [0.5, 0.6) is 0 Å².